The summed E-state index contributed by atoms with van der Waals surface area (Å²) in [5.74, 6) is -0.919. The lowest BCUT2D eigenvalue weighted by molar-refractivity contribution is -0.117. The van der Waals surface area contributed by atoms with Gasteiger partial charge in [0.1, 0.15) is 16.7 Å². The zero-order chi connectivity index (χ0) is 28.2. The SMILES string of the molecule is N#C/C(C(=O)Nc1ncc(Cc2ccccc2Cl)s1)=C1/S[C@@H](Cc2cccc(Cl)c2Cl)C(=O)N1c1ccccc1. The molecule has 40 heavy (non-hydrogen) atoms. The lowest BCUT2D eigenvalue weighted by Crippen LogP contribution is -2.30. The van der Waals surface area contributed by atoms with Gasteiger partial charge < -0.3 is 0 Å². The van der Waals surface area contributed by atoms with Crippen LogP contribution in [0.15, 0.2) is 89.6 Å². The minimum atomic E-state index is -0.654. The Hall–Kier alpha value is -3.32. The second kappa shape index (κ2) is 12.5. The molecular formula is C29H19Cl3N4O2S2. The first-order valence-corrected chi connectivity index (χ1v) is 14.8. The number of thioether (sulfide) groups is 1. The van der Waals surface area contributed by atoms with Crippen molar-refractivity contribution >= 4 is 80.5 Å². The summed E-state index contributed by atoms with van der Waals surface area (Å²) in [5.41, 5.74) is 2.00. The van der Waals surface area contributed by atoms with E-state index in [0.29, 0.717) is 37.9 Å². The molecule has 2 amide bonds. The Morgan fingerprint density at radius 1 is 0.975 bits per heavy atom. The van der Waals surface area contributed by atoms with Crippen LogP contribution in [0.3, 0.4) is 0 Å². The number of thiazole rings is 1. The summed E-state index contributed by atoms with van der Waals surface area (Å²) in [7, 11) is 0. The fraction of sp³-hybridized carbons (Fsp3) is 0.103. The predicted octanol–water partition coefficient (Wildman–Crippen LogP) is 7.76. The minimum absolute atomic E-state index is 0.190. The van der Waals surface area contributed by atoms with E-state index in [1.807, 2.05) is 36.4 Å². The molecule has 0 unspecified atom stereocenters. The number of nitriles is 1. The Morgan fingerprint density at radius 3 is 2.42 bits per heavy atom. The van der Waals surface area contributed by atoms with E-state index >= 15 is 0 Å². The second-order valence-corrected chi connectivity index (χ2v) is 12.2. The Labute approximate surface area is 254 Å². The summed E-state index contributed by atoms with van der Waals surface area (Å²) in [6.07, 6.45) is 2.49. The lowest BCUT2D eigenvalue weighted by atomic mass is 10.1. The molecule has 3 aromatic carbocycles. The molecule has 200 valence electrons. The maximum atomic E-state index is 13.7. The van der Waals surface area contributed by atoms with Crippen molar-refractivity contribution in [3.63, 3.8) is 0 Å². The van der Waals surface area contributed by atoms with Gasteiger partial charge >= 0.3 is 0 Å². The largest absolute Gasteiger partial charge is 0.297 e. The van der Waals surface area contributed by atoms with Gasteiger partial charge in [-0.25, -0.2) is 4.98 Å². The van der Waals surface area contributed by atoms with Crippen LogP contribution in [0, 0.1) is 11.3 Å². The molecule has 1 saturated heterocycles. The molecule has 0 saturated carbocycles. The zero-order valence-corrected chi connectivity index (χ0v) is 24.5. The molecule has 6 nitrogen and oxygen atoms in total. The Balaban J connectivity index is 1.43. The van der Waals surface area contributed by atoms with E-state index in [-0.39, 0.29) is 22.9 Å². The molecule has 1 atom stereocenters. The number of benzene rings is 3. The van der Waals surface area contributed by atoms with E-state index in [9.17, 15) is 14.9 Å². The highest BCUT2D eigenvalue weighted by molar-refractivity contribution is 8.05. The maximum absolute atomic E-state index is 13.7. The Bertz CT molecular complexity index is 1670. The van der Waals surface area contributed by atoms with Crippen molar-refractivity contribution < 1.29 is 9.59 Å². The molecule has 2 heterocycles. The highest BCUT2D eigenvalue weighted by atomic mass is 35.5. The van der Waals surface area contributed by atoms with Crippen LogP contribution in [0.4, 0.5) is 10.8 Å². The Morgan fingerprint density at radius 2 is 1.68 bits per heavy atom. The van der Waals surface area contributed by atoms with E-state index < -0.39 is 11.2 Å². The standard InChI is InChI=1S/C29H19Cl3N4O2S2/c30-22-11-5-4-7-17(22)13-20-16-34-29(39-20)35-26(37)21(15-33)28-36(19-9-2-1-3-10-19)27(38)24(40-28)14-18-8-6-12-23(31)25(18)32/h1-12,16,24H,13-14H2,(H,34,35,37)/b28-21-/t24-/m0/s1. The monoisotopic (exact) mass is 624 g/mol. The third-order valence-electron chi connectivity index (χ3n) is 6.05. The van der Waals surface area contributed by atoms with E-state index in [1.54, 1.807) is 48.7 Å². The van der Waals surface area contributed by atoms with Crippen molar-refractivity contribution in [2.45, 2.75) is 18.1 Å². The summed E-state index contributed by atoms with van der Waals surface area (Å²) in [4.78, 5) is 33.6. The zero-order valence-electron chi connectivity index (χ0n) is 20.6. The molecule has 1 N–H and O–H groups in total. The molecule has 0 aliphatic carbocycles. The van der Waals surface area contributed by atoms with Crippen LogP contribution in [0.1, 0.15) is 16.0 Å². The number of hydrogen-bond acceptors (Lipinski definition) is 6. The number of amides is 2. The molecule has 11 heteroatoms. The number of para-hydroxylation sites is 1. The molecule has 1 aliphatic rings. The third-order valence-corrected chi connectivity index (χ3v) is 9.46. The first-order valence-electron chi connectivity index (χ1n) is 12.0. The molecular weight excluding hydrogens is 607 g/mol. The van der Waals surface area contributed by atoms with Crippen LogP contribution in [0.2, 0.25) is 15.1 Å². The van der Waals surface area contributed by atoms with Gasteiger partial charge in [-0.05, 0) is 41.8 Å². The number of halogens is 3. The maximum Gasteiger partial charge on any atom is 0.270 e. The second-order valence-electron chi connectivity index (χ2n) is 8.68. The predicted molar refractivity (Wildman–Crippen MR) is 163 cm³/mol. The van der Waals surface area contributed by atoms with Gasteiger partial charge in [-0.1, -0.05) is 95.1 Å². The first-order chi connectivity index (χ1) is 19.4. The van der Waals surface area contributed by atoms with Gasteiger partial charge in [0.2, 0.25) is 5.91 Å². The van der Waals surface area contributed by atoms with Gasteiger partial charge in [0.15, 0.2) is 5.13 Å². The van der Waals surface area contributed by atoms with Crippen LogP contribution >= 0.6 is 57.9 Å². The number of carbonyl (C=O) groups excluding carboxylic acids is 2. The van der Waals surface area contributed by atoms with Crippen molar-refractivity contribution in [3.8, 4) is 6.07 Å². The fourth-order valence-corrected chi connectivity index (χ4v) is 6.87. The molecule has 0 spiro atoms. The average molecular weight is 626 g/mol. The summed E-state index contributed by atoms with van der Waals surface area (Å²) < 4.78 is 0. The minimum Gasteiger partial charge on any atom is -0.297 e. The van der Waals surface area contributed by atoms with Crippen molar-refractivity contribution in [3.05, 3.63) is 121 Å². The third kappa shape index (κ3) is 6.04. The fourth-order valence-electron chi connectivity index (χ4n) is 4.14. The molecule has 5 rings (SSSR count). The molecule has 1 aliphatic heterocycles. The summed E-state index contributed by atoms with van der Waals surface area (Å²) in [5, 5.41) is 14.2. The van der Waals surface area contributed by atoms with Gasteiger partial charge in [-0.2, -0.15) is 5.26 Å². The highest BCUT2D eigenvalue weighted by Crippen LogP contribution is 2.43. The first kappa shape index (κ1) is 28.2. The summed E-state index contributed by atoms with van der Waals surface area (Å²) in [6.45, 7) is 0. The number of anilines is 2. The summed E-state index contributed by atoms with van der Waals surface area (Å²) in [6, 6.07) is 23.7. The number of carbonyl (C=O) groups is 2. The van der Waals surface area contributed by atoms with Crippen LogP contribution in [0.5, 0.6) is 0 Å². The molecule has 0 bridgehead atoms. The van der Waals surface area contributed by atoms with Gasteiger partial charge in [0.25, 0.3) is 5.91 Å². The van der Waals surface area contributed by atoms with Crippen LogP contribution in [-0.2, 0) is 22.4 Å². The van der Waals surface area contributed by atoms with Gasteiger partial charge in [0.05, 0.1) is 15.3 Å². The van der Waals surface area contributed by atoms with Crippen molar-refractivity contribution in [2.24, 2.45) is 0 Å². The van der Waals surface area contributed by atoms with Crippen LogP contribution < -0.4 is 10.2 Å². The molecule has 1 fully saturated rings. The Kier molecular flexibility index (Phi) is 8.79. The number of nitrogens with one attached hydrogen (secondary N) is 1. The van der Waals surface area contributed by atoms with Crippen molar-refractivity contribution in [2.75, 3.05) is 10.2 Å². The molecule has 0 radical (unpaired) electrons. The topological polar surface area (TPSA) is 86.1 Å². The normalized spacial score (nSPS) is 16.1. The number of aromatic nitrogens is 1. The van der Waals surface area contributed by atoms with Crippen LogP contribution in [-0.4, -0.2) is 22.0 Å². The average Bonchev–Trinajstić information content (AvgIpc) is 3.52. The molecule has 4 aromatic rings. The van der Waals surface area contributed by atoms with Crippen molar-refractivity contribution in [1.82, 2.24) is 4.98 Å². The van der Waals surface area contributed by atoms with Crippen LogP contribution in [0.25, 0.3) is 0 Å². The number of rotatable bonds is 7. The highest BCUT2D eigenvalue weighted by Gasteiger charge is 2.41. The van der Waals surface area contributed by atoms with Gasteiger partial charge in [-0.15, -0.1) is 11.3 Å². The van der Waals surface area contributed by atoms with E-state index in [0.717, 1.165) is 22.2 Å². The van der Waals surface area contributed by atoms with E-state index in [2.05, 4.69) is 10.3 Å². The number of hydrogen-bond donors (Lipinski definition) is 1. The van der Waals surface area contributed by atoms with E-state index in [4.69, 9.17) is 34.8 Å². The lowest BCUT2D eigenvalue weighted by Gasteiger charge is -2.18. The van der Waals surface area contributed by atoms with E-state index in [1.165, 1.54) is 16.2 Å². The summed E-state index contributed by atoms with van der Waals surface area (Å²) >= 11 is 21.3. The number of nitrogens with zero attached hydrogens (tertiary/aromatic N) is 3. The molecule has 1 aromatic heterocycles. The smallest absolute Gasteiger partial charge is 0.270 e. The quantitative estimate of drug-likeness (QED) is 0.168. The van der Waals surface area contributed by atoms with Crippen molar-refractivity contribution in [1.29, 1.82) is 5.26 Å². The van der Waals surface area contributed by atoms with Gasteiger partial charge in [-0.3, -0.25) is 19.8 Å². The van der Waals surface area contributed by atoms with Gasteiger partial charge in [0, 0.05) is 28.2 Å².